The standard InChI is InChI=1S/C12H20N2O6/c1-3-14(5-10(15)20-4-2)12(18)13-9-7-19-6-8(9)11(16)17/h8-9H,3-7H2,1-2H3,(H,13,18)(H,16,17). The molecule has 114 valence electrons. The van der Waals surface area contributed by atoms with Crippen molar-refractivity contribution < 1.29 is 29.0 Å². The summed E-state index contributed by atoms with van der Waals surface area (Å²) in [5.41, 5.74) is 0. The van der Waals surface area contributed by atoms with Crippen molar-refractivity contribution in [3.05, 3.63) is 0 Å². The van der Waals surface area contributed by atoms with Crippen LogP contribution in [0.4, 0.5) is 4.79 Å². The molecule has 0 aromatic heterocycles. The number of carboxylic acids is 1. The number of nitrogens with zero attached hydrogens (tertiary/aromatic N) is 1. The average Bonchev–Trinajstić information content (AvgIpc) is 2.84. The summed E-state index contributed by atoms with van der Waals surface area (Å²) < 4.78 is 9.83. The number of likely N-dealkylation sites (N-methyl/N-ethyl adjacent to an activating group) is 1. The Morgan fingerprint density at radius 2 is 2.05 bits per heavy atom. The molecule has 0 radical (unpaired) electrons. The minimum atomic E-state index is -1.01. The van der Waals surface area contributed by atoms with Crippen LogP contribution in [0, 0.1) is 5.92 Å². The number of hydrogen-bond donors (Lipinski definition) is 2. The number of rotatable bonds is 6. The molecule has 2 atom stereocenters. The van der Waals surface area contributed by atoms with E-state index in [0.29, 0.717) is 6.54 Å². The maximum absolute atomic E-state index is 12.0. The van der Waals surface area contributed by atoms with Gasteiger partial charge in [0.05, 0.1) is 25.9 Å². The first-order valence-electron chi connectivity index (χ1n) is 6.51. The molecule has 0 bridgehead atoms. The van der Waals surface area contributed by atoms with Gasteiger partial charge in [0.2, 0.25) is 0 Å². The zero-order valence-electron chi connectivity index (χ0n) is 11.6. The third-order valence-electron chi connectivity index (χ3n) is 3.00. The molecule has 8 nitrogen and oxygen atoms in total. The molecule has 1 rings (SSSR count). The van der Waals surface area contributed by atoms with Crippen LogP contribution in [0.25, 0.3) is 0 Å². The van der Waals surface area contributed by atoms with Crippen molar-refractivity contribution in [2.75, 3.05) is 32.9 Å². The summed E-state index contributed by atoms with van der Waals surface area (Å²) in [5, 5.41) is 11.6. The number of ether oxygens (including phenoxy) is 2. The number of esters is 1. The highest BCUT2D eigenvalue weighted by Gasteiger charge is 2.35. The summed E-state index contributed by atoms with van der Waals surface area (Å²) in [6.45, 7) is 4.02. The number of aliphatic carboxylic acids is 1. The molecule has 0 aliphatic carbocycles. The van der Waals surface area contributed by atoms with Crippen LogP contribution in [0.3, 0.4) is 0 Å². The van der Waals surface area contributed by atoms with Crippen molar-refractivity contribution in [3.8, 4) is 0 Å². The van der Waals surface area contributed by atoms with E-state index >= 15 is 0 Å². The van der Waals surface area contributed by atoms with E-state index in [9.17, 15) is 14.4 Å². The quantitative estimate of drug-likeness (QED) is 0.649. The topological polar surface area (TPSA) is 105 Å². The summed E-state index contributed by atoms with van der Waals surface area (Å²) in [7, 11) is 0. The van der Waals surface area contributed by atoms with E-state index < -0.39 is 29.9 Å². The molecule has 0 aromatic rings. The van der Waals surface area contributed by atoms with Crippen LogP contribution >= 0.6 is 0 Å². The van der Waals surface area contributed by atoms with Gasteiger partial charge in [0.15, 0.2) is 0 Å². The minimum Gasteiger partial charge on any atom is -0.481 e. The van der Waals surface area contributed by atoms with Gasteiger partial charge in [-0.25, -0.2) is 4.79 Å². The van der Waals surface area contributed by atoms with Crippen LogP contribution in [0.5, 0.6) is 0 Å². The number of carboxylic acid groups (broad SMARTS) is 1. The van der Waals surface area contributed by atoms with E-state index in [0.717, 1.165) is 0 Å². The second-order valence-corrected chi connectivity index (χ2v) is 4.36. The van der Waals surface area contributed by atoms with E-state index in [2.05, 4.69) is 5.32 Å². The first kappa shape index (κ1) is 16.2. The fourth-order valence-corrected chi connectivity index (χ4v) is 1.88. The molecule has 8 heteroatoms. The predicted octanol–water partition coefficient (Wildman–Crippen LogP) is -0.319. The summed E-state index contributed by atoms with van der Waals surface area (Å²) in [6.07, 6.45) is 0. The van der Waals surface area contributed by atoms with Crippen LogP contribution in [-0.2, 0) is 19.1 Å². The molecule has 0 aromatic carbocycles. The number of amides is 2. The minimum absolute atomic E-state index is 0.0737. The molecule has 1 heterocycles. The number of urea groups is 1. The summed E-state index contributed by atoms with van der Waals surface area (Å²) in [6, 6.07) is -1.08. The van der Waals surface area contributed by atoms with Crippen LogP contribution in [0.1, 0.15) is 13.8 Å². The molecular formula is C12H20N2O6. The second kappa shape index (κ2) is 7.68. The lowest BCUT2D eigenvalue weighted by Crippen LogP contribution is -2.50. The zero-order valence-corrected chi connectivity index (χ0v) is 11.6. The van der Waals surface area contributed by atoms with Gasteiger partial charge in [-0.3, -0.25) is 9.59 Å². The third-order valence-corrected chi connectivity index (χ3v) is 3.00. The molecule has 0 spiro atoms. The molecule has 20 heavy (non-hydrogen) atoms. The van der Waals surface area contributed by atoms with Gasteiger partial charge < -0.3 is 24.8 Å². The molecule has 1 saturated heterocycles. The largest absolute Gasteiger partial charge is 0.481 e. The first-order chi connectivity index (χ1) is 9.49. The molecule has 1 aliphatic rings. The van der Waals surface area contributed by atoms with Crippen molar-refractivity contribution in [3.63, 3.8) is 0 Å². The molecular weight excluding hydrogens is 268 g/mol. The monoisotopic (exact) mass is 288 g/mol. The number of carbonyl (C=O) groups excluding carboxylic acids is 2. The fraction of sp³-hybridized carbons (Fsp3) is 0.750. The van der Waals surface area contributed by atoms with Crippen LogP contribution in [-0.4, -0.2) is 66.9 Å². The molecule has 2 unspecified atom stereocenters. The van der Waals surface area contributed by atoms with Crippen LogP contribution in [0.2, 0.25) is 0 Å². The average molecular weight is 288 g/mol. The van der Waals surface area contributed by atoms with Gasteiger partial charge >= 0.3 is 18.0 Å². The van der Waals surface area contributed by atoms with E-state index in [1.807, 2.05) is 0 Å². The van der Waals surface area contributed by atoms with E-state index in [4.69, 9.17) is 14.6 Å². The Hall–Kier alpha value is -1.83. The predicted molar refractivity (Wildman–Crippen MR) is 68.1 cm³/mol. The van der Waals surface area contributed by atoms with Crippen molar-refractivity contribution >= 4 is 18.0 Å². The van der Waals surface area contributed by atoms with Crippen molar-refractivity contribution in [2.24, 2.45) is 5.92 Å². The summed E-state index contributed by atoms with van der Waals surface area (Å²) >= 11 is 0. The van der Waals surface area contributed by atoms with Gasteiger partial charge in [-0.15, -0.1) is 0 Å². The third kappa shape index (κ3) is 4.37. The first-order valence-corrected chi connectivity index (χ1v) is 6.51. The lowest BCUT2D eigenvalue weighted by atomic mass is 10.0. The van der Waals surface area contributed by atoms with Gasteiger partial charge in [-0.05, 0) is 13.8 Å². The maximum atomic E-state index is 12.0. The SMILES string of the molecule is CCOC(=O)CN(CC)C(=O)NC1COCC1C(=O)O. The lowest BCUT2D eigenvalue weighted by Gasteiger charge is -2.23. The van der Waals surface area contributed by atoms with Crippen molar-refractivity contribution in [2.45, 2.75) is 19.9 Å². The van der Waals surface area contributed by atoms with Crippen molar-refractivity contribution in [1.82, 2.24) is 10.2 Å². The molecule has 2 N–H and O–H groups in total. The van der Waals surface area contributed by atoms with E-state index in [1.165, 1.54) is 4.90 Å². The number of hydrogen-bond acceptors (Lipinski definition) is 5. The van der Waals surface area contributed by atoms with Crippen LogP contribution in [0.15, 0.2) is 0 Å². The van der Waals surface area contributed by atoms with Gasteiger partial charge in [-0.2, -0.15) is 0 Å². The molecule has 1 fully saturated rings. The number of carbonyl (C=O) groups is 3. The van der Waals surface area contributed by atoms with Crippen LogP contribution < -0.4 is 5.32 Å². The normalized spacial score (nSPS) is 21.3. The van der Waals surface area contributed by atoms with Gasteiger partial charge in [0.1, 0.15) is 12.5 Å². The Kier molecular flexibility index (Phi) is 6.23. The maximum Gasteiger partial charge on any atom is 0.325 e. The fourth-order valence-electron chi connectivity index (χ4n) is 1.88. The Balaban J connectivity index is 2.54. The van der Waals surface area contributed by atoms with E-state index in [1.54, 1.807) is 13.8 Å². The lowest BCUT2D eigenvalue weighted by molar-refractivity contribution is -0.144. The smallest absolute Gasteiger partial charge is 0.325 e. The van der Waals surface area contributed by atoms with Gasteiger partial charge in [-0.1, -0.05) is 0 Å². The van der Waals surface area contributed by atoms with Gasteiger partial charge in [0.25, 0.3) is 0 Å². The van der Waals surface area contributed by atoms with E-state index in [-0.39, 0.29) is 26.4 Å². The Morgan fingerprint density at radius 1 is 1.35 bits per heavy atom. The highest BCUT2D eigenvalue weighted by molar-refractivity contribution is 5.82. The Bertz CT molecular complexity index is 373. The zero-order chi connectivity index (χ0) is 15.1. The summed E-state index contributed by atoms with van der Waals surface area (Å²) in [5.74, 6) is -2.27. The highest BCUT2D eigenvalue weighted by Crippen LogP contribution is 2.14. The molecule has 2 amide bonds. The van der Waals surface area contributed by atoms with Gasteiger partial charge in [0, 0.05) is 6.54 Å². The highest BCUT2D eigenvalue weighted by atomic mass is 16.5. The Morgan fingerprint density at radius 3 is 2.60 bits per heavy atom. The Labute approximate surface area is 117 Å². The second-order valence-electron chi connectivity index (χ2n) is 4.36. The van der Waals surface area contributed by atoms with Crippen molar-refractivity contribution in [1.29, 1.82) is 0 Å². The molecule has 0 saturated carbocycles. The number of nitrogens with one attached hydrogen (secondary N) is 1. The summed E-state index contributed by atoms with van der Waals surface area (Å²) in [4.78, 5) is 35.6. The molecule has 1 aliphatic heterocycles.